The van der Waals surface area contributed by atoms with Crippen LogP contribution >= 0.6 is 0 Å². The molecule has 1 amide bonds. The van der Waals surface area contributed by atoms with Crippen LogP contribution in [-0.4, -0.2) is 54.4 Å². The first-order chi connectivity index (χ1) is 8.24. The number of carbonyl (C=O) groups is 2. The molecule has 0 aromatic heterocycles. The Kier molecular flexibility index (Phi) is 4.72. The van der Waals surface area contributed by atoms with Crippen molar-refractivity contribution in [2.24, 2.45) is 5.92 Å². The lowest BCUT2D eigenvalue weighted by Gasteiger charge is -2.30. The molecule has 0 aromatic rings. The summed E-state index contributed by atoms with van der Waals surface area (Å²) >= 11 is 0. The molecule has 1 aliphatic heterocycles. The molecule has 0 spiro atoms. The molecule has 104 valence electrons. The number of aliphatic carboxylic acids is 1. The van der Waals surface area contributed by atoms with Crippen molar-refractivity contribution in [3.63, 3.8) is 0 Å². The number of rotatable bonds is 4. The fourth-order valence-corrected chi connectivity index (χ4v) is 2.70. The quantitative estimate of drug-likeness (QED) is 0.788. The number of piperidine rings is 1. The van der Waals surface area contributed by atoms with Gasteiger partial charge in [0.05, 0.1) is 11.2 Å². The maximum Gasteiger partial charge on any atom is 0.308 e. The highest BCUT2D eigenvalue weighted by atomic mass is 32.2. The van der Waals surface area contributed by atoms with Gasteiger partial charge in [0.1, 0.15) is 5.75 Å². The van der Waals surface area contributed by atoms with E-state index in [2.05, 4.69) is 0 Å². The van der Waals surface area contributed by atoms with E-state index in [4.69, 9.17) is 5.11 Å². The number of likely N-dealkylation sites (tertiary alicyclic amines) is 1. The summed E-state index contributed by atoms with van der Waals surface area (Å²) in [7, 11) is -3.42. The molecular weight excluding hydrogens is 258 g/mol. The van der Waals surface area contributed by atoms with E-state index in [1.165, 1.54) is 18.7 Å². The summed E-state index contributed by atoms with van der Waals surface area (Å²) in [5, 5.41) is 8.31. The molecule has 1 unspecified atom stereocenters. The minimum Gasteiger partial charge on any atom is -0.481 e. The van der Waals surface area contributed by atoms with Crippen LogP contribution in [0.5, 0.6) is 0 Å². The van der Waals surface area contributed by atoms with Crippen molar-refractivity contribution in [1.29, 1.82) is 0 Å². The fraction of sp³-hybridized carbons (Fsp3) is 0.818. The van der Waals surface area contributed by atoms with Crippen LogP contribution in [0.3, 0.4) is 0 Å². The third kappa shape index (κ3) is 3.69. The van der Waals surface area contributed by atoms with Gasteiger partial charge in [-0.1, -0.05) is 0 Å². The second-order valence-electron chi connectivity index (χ2n) is 4.87. The van der Waals surface area contributed by atoms with Crippen molar-refractivity contribution in [1.82, 2.24) is 4.90 Å². The molecule has 1 saturated heterocycles. The first-order valence-electron chi connectivity index (χ1n) is 5.96. The number of carboxylic acid groups (broad SMARTS) is 1. The molecule has 1 rings (SSSR count). The van der Waals surface area contributed by atoms with Gasteiger partial charge >= 0.3 is 5.97 Å². The molecule has 6 nitrogen and oxygen atoms in total. The topological polar surface area (TPSA) is 91.8 Å². The minimum atomic E-state index is -3.42. The van der Waals surface area contributed by atoms with Gasteiger partial charge in [0, 0.05) is 13.1 Å². The summed E-state index contributed by atoms with van der Waals surface area (Å²) in [5.41, 5.74) is 0. The van der Waals surface area contributed by atoms with Crippen molar-refractivity contribution in [2.45, 2.75) is 31.9 Å². The number of carboxylic acids is 1. The molecule has 1 heterocycles. The van der Waals surface area contributed by atoms with Crippen LogP contribution in [0.4, 0.5) is 0 Å². The van der Waals surface area contributed by atoms with Crippen LogP contribution in [0.2, 0.25) is 0 Å². The van der Waals surface area contributed by atoms with Crippen molar-refractivity contribution in [3.8, 4) is 0 Å². The molecule has 0 aliphatic carbocycles. The third-order valence-corrected chi connectivity index (χ3v) is 5.25. The van der Waals surface area contributed by atoms with Crippen molar-refractivity contribution >= 4 is 21.7 Å². The maximum absolute atomic E-state index is 11.8. The van der Waals surface area contributed by atoms with Gasteiger partial charge in [-0.25, -0.2) is 8.42 Å². The van der Waals surface area contributed by atoms with E-state index in [1.54, 1.807) is 0 Å². The Bertz CT molecular complexity index is 429. The predicted molar refractivity (Wildman–Crippen MR) is 65.9 cm³/mol. The van der Waals surface area contributed by atoms with Gasteiger partial charge in [-0.2, -0.15) is 0 Å². The SMILES string of the molecule is CC(C)S(=O)(=O)CC(=O)N1CCCC(C(=O)O)C1. The number of nitrogens with zero attached hydrogens (tertiary/aromatic N) is 1. The number of amides is 1. The first kappa shape index (κ1) is 14.9. The van der Waals surface area contributed by atoms with Crippen molar-refractivity contribution in [3.05, 3.63) is 0 Å². The zero-order valence-corrected chi connectivity index (χ0v) is 11.4. The van der Waals surface area contributed by atoms with Gasteiger partial charge in [0.15, 0.2) is 9.84 Å². The molecule has 1 N–H and O–H groups in total. The van der Waals surface area contributed by atoms with E-state index in [0.717, 1.165) is 0 Å². The van der Waals surface area contributed by atoms with E-state index >= 15 is 0 Å². The number of hydrogen-bond donors (Lipinski definition) is 1. The Morgan fingerprint density at radius 3 is 2.50 bits per heavy atom. The Balaban J connectivity index is 2.65. The molecule has 0 radical (unpaired) electrons. The van der Waals surface area contributed by atoms with Gasteiger partial charge < -0.3 is 10.0 Å². The number of sulfone groups is 1. The molecule has 7 heteroatoms. The molecule has 1 atom stereocenters. The zero-order valence-electron chi connectivity index (χ0n) is 10.6. The summed E-state index contributed by atoms with van der Waals surface area (Å²) in [6, 6.07) is 0. The molecule has 0 bridgehead atoms. The lowest BCUT2D eigenvalue weighted by molar-refractivity contribution is -0.145. The fourth-order valence-electron chi connectivity index (χ4n) is 1.84. The van der Waals surface area contributed by atoms with Crippen LogP contribution in [0.15, 0.2) is 0 Å². The minimum absolute atomic E-state index is 0.113. The maximum atomic E-state index is 11.8. The van der Waals surface area contributed by atoms with E-state index in [9.17, 15) is 18.0 Å². The van der Waals surface area contributed by atoms with E-state index in [-0.39, 0.29) is 6.54 Å². The molecule has 0 saturated carbocycles. The standard InChI is InChI=1S/C11H19NO5S/c1-8(2)18(16,17)7-10(13)12-5-3-4-9(6-12)11(14)15/h8-9H,3-7H2,1-2H3,(H,14,15). The molecule has 0 aromatic carbocycles. The Labute approximate surface area is 107 Å². The average Bonchev–Trinajstić information content (AvgIpc) is 2.28. The first-order valence-corrected chi connectivity index (χ1v) is 7.67. The van der Waals surface area contributed by atoms with Crippen LogP contribution in [0.1, 0.15) is 26.7 Å². The van der Waals surface area contributed by atoms with E-state index in [1.807, 2.05) is 0 Å². The summed E-state index contributed by atoms with van der Waals surface area (Å²) < 4.78 is 23.3. The van der Waals surface area contributed by atoms with Gasteiger partial charge in [-0.05, 0) is 26.7 Å². The lowest BCUT2D eigenvalue weighted by atomic mass is 9.98. The van der Waals surface area contributed by atoms with E-state index < -0.39 is 38.6 Å². The van der Waals surface area contributed by atoms with E-state index in [0.29, 0.717) is 19.4 Å². The number of carbonyl (C=O) groups excluding carboxylic acids is 1. The monoisotopic (exact) mass is 277 g/mol. The predicted octanol–water partition coefficient (Wildman–Crippen LogP) is 0.133. The highest BCUT2D eigenvalue weighted by molar-refractivity contribution is 7.92. The second-order valence-corrected chi connectivity index (χ2v) is 7.43. The van der Waals surface area contributed by atoms with Crippen LogP contribution in [0, 0.1) is 5.92 Å². The summed E-state index contributed by atoms with van der Waals surface area (Å²) in [5.74, 6) is -2.53. The third-order valence-electron chi connectivity index (χ3n) is 3.17. The normalized spacial score (nSPS) is 21.1. The summed E-state index contributed by atoms with van der Waals surface area (Å²) in [4.78, 5) is 24.0. The summed E-state index contributed by atoms with van der Waals surface area (Å²) in [6.45, 7) is 3.61. The average molecular weight is 277 g/mol. The van der Waals surface area contributed by atoms with Crippen LogP contribution < -0.4 is 0 Å². The van der Waals surface area contributed by atoms with Gasteiger partial charge in [0.2, 0.25) is 5.91 Å². The highest BCUT2D eigenvalue weighted by Crippen LogP contribution is 2.17. The van der Waals surface area contributed by atoms with Gasteiger partial charge in [0.25, 0.3) is 0 Å². The highest BCUT2D eigenvalue weighted by Gasteiger charge is 2.30. The smallest absolute Gasteiger partial charge is 0.308 e. The lowest BCUT2D eigenvalue weighted by Crippen LogP contribution is -2.45. The summed E-state index contributed by atoms with van der Waals surface area (Å²) in [6.07, 6.45) is 1.14. The van der Waals surface area contributed by atoms with Crippen molar-refractivity contribution in [2.75, 3.05) is 18.8 Å². The zero-order chi connectivity index (χ0) is 13.9. The Morgan fingerprint density at radius 1 is 1.39 bits per heavy atom. The van der Waals surface area contributed by atoms with Crippen LogP contribution in [-0.2, 0) is 19.4 Å². The Morgan fingerprint density at radius 2 is 2.00 bits per heavy atom. The number of hydrogen-bond acceptors (Lipinski definition) is 4. The Hall–Kier alpha value is -1.11. The van der Waals surface area contributed by atoms with Gasteiger partial charge in [-0.15, -0.1) is 0 Å². The largest absolute Gasteiger partial charge is 0.481 e. The molecule has 1 fully saturated rings. The van der Waals surface area contributed by atoms with Gasteiger partial charge in [-0.3, -0.25) is 9.59 Å². The van der Waals surface area contributed by atoms with Crippen LogP contribution in [0.25, 0.3) is 0 Å². The molecule has 18 heavy (non-hydrogen) atoms. The molecular formula is C11H19NO5S. The second kappa shape index (κ2) is 5.69. The molecule has 1 aliphatic rings. The van der Waals surface area contributed by atoms with Crippen molar-refractivity contribution < 1.29 is 23.1 Å².